The standard InChI is InChI=1S/C11H17N5O2S3/c1-4-7-5-13-8(19-7)6-14-11-9(10(12)15-20-11)21(17,18)16(2)3/h5,14H,4,6H2,1-3H3,(H2,12,15). The second-order valence-corrected chi connectivity index (χ2v) is 8.50. The van der Waals surface area contributed by atoms with E-state index in [-0.39, 0.29) is 10.7 Å². The van der Waals surface area contributed by atoms with E-state index in [0.717, 1.165) is 27.3 Å². The van der Waals surface area contributed by atoms with E-state index >= 15 is 0 Å². The van der Waals surface area contributed by atoms with Crippen LogP contribution in [0.3, 0.4) is 0 Å². The maximum absolute atomic E-state index is 12.3. The maximum Gasteiger partial charge on any atom is 0.249 e. The number of aromatic nitrogens is 2. The maximum atomic E-state index is 12.3. The van der Waals surface area contributed by atoms with Gasteiger partial charge in [-0.05, 0) is 18.0 Å². The first kappa shape index (κ1) is 16.1. The van der Waals surface area contributed by atoms with Gasteiger partial charge < -0.3 is 11.1 Å². The molecule has 0 aliphatic carbocycles. The van der Waals surface area contributed by atoms with Crippen molar-refractivity contribution in [2.45, 2.75) is 24.8 Å². The summed E-state index contributed by atoms with van der Waals surface area (Å²) in [6.45, 7) is 2.51. The molecule has 0 bridgehead atoms. The molecule has 0 unspecified atom stereocenters. The van der Waals surface area contributed by atoms with Crippen LogP contribution in [-0.2, 0) is 23.0 Å². The van der Waals surface area contributed by atoms with E-state index in [1.165, 1.54) is 19.0 Å². The number of anilines is 2. The molecule has 116 valence electrons. The van der Waals surface area contributed by atoms with Crippen molar-refractivity contribution in [1.29, 1.82) is 0 Å². The Morgan fingerprint density at radius 3 is 2.71 bits per heavy atom. The van der Waals surface area contributed by atoms with E-state index < -0.39 is 10.0 Å². The third kappa shape index (κ3) is 3.34. The third-order valence-electron chi connectivity index (χ3n) is 2.76. The van der Waals surface area contributed by atoms with Gasteiger partial charge >= 0.3 is 0 Å². The number of sulfonamides is 1. The van der Waals surface area contributed by atoms with E-state index in [0.29, 0.717) is 11.5 Å². The normalized spacial score (nSPS) is 12.0. The lowest BCUT2D eigenvalue weighted by Crippen LogP contribution is -2.23. The molecule has 0 aromatic carbocycles. The second kappa shape index (κ2) is 6.26. The van der Waals surface area contributed by atoms with Crippen LogP contribution in [0.25, 0.3) is 0 Å². The molecule has 3 N–H and O–H groups in total. The summed E-state index contributed by atoms with van der Waals surface area (Å²) in [5.41, 5.74) is 5.70. The number of rotatable bonds is 6. The van der Waals surface area contributed by atoms with E-state index in [4.69, 9.17) is 5.73 Å². The fourth-order valence-electron chi connectivity index (χ4n) is 1.59. The molecule has 0 saturated heterocycles. The molecule has 10 heteroatoms. The van der Waals surface area contributed by atoms with Crippen LogP contribution in [-0.4, -0.2) is 36.2 Å². The van der Waals surface area contributed by atoms with Gasteiger partial charge in [-0.3, -0.25) is 0 Å². The van der Waals surface area contributed by atoms with Gasteiger partial charge in [0.25, 0.3) is 0 Å². The van der Waals surface area contributed by atoms with Gasteiger partial charge in [0.2, 0.25) is 10.0 Å². The number of nitrogens with two attached hydrogens (primary N) is 1. The quantitative estimate of drug-likeness (QED) is 0.823. The molecule has 0 aliphatic rings. The lowest BCUT2D eigenvalue weighted by molar-refractivity contribution is 0.521. The van der Waals surface area contributed by atoms with Crippen LogP contribution in [0.4, 0.5) is 10.8 Å². The third-order valence-corrected chi connectivity index (χ3v) is 6.74. The Bertz CT molecular complexity index is 720. The lowest BCUT2D eigenvalue weighted by Gasteiger charge is -2.12. The Balaban J connectivity index is 2.22. The fraction of sp³-hybridized carbons (Fsp3) is 0.455. The van der Waals surface area contributed by atoms with Crippen LogP contribution in [0.5, 0.6) is 0 Å². The summed E-state index contributed by atoms with van der Waals surface area (Å²) in [7, 11) is -0.696. The van der Waals surface area contributed by atoms with Crippen molar-refractivity contribution in [2.24, 2.45) is 0 Å². The minimum atomic E-state index is -3.62. The summed E-state index contributed by atoms with van der Waals surface area (Å²) in [5, 5.41) is 4.40. The van der Waals surface area contributed by atoms with Crippen LogP contribution >= 0.6 is 22.9 Å². The van der Waals surface area contributed by atoms with Crippen LogP contribution in [0.15, 0.2) is 11.1 Å². The molecule has 0 spiro atoms. The Kier molecular flexibility index (Phi) is 4.81. The minimum absolute atomic E-state index is 0.0181. The molecule has 2 aromatic heterocycles. The molecule has 0 saturated carbocycles. The number of nitrogen functional groups attached to an aromatic ring is 1. The molecule has 2 heterocycles. The SMILES string of the molecule is CCc1cnc(CNc2snc(N)c2S(=O)(=O)N(C)C)s1. The van der Waals surface area contributed by atoms with E-state index in [9.17, 15) is 8.42 Å². The number of nitrogens with one attached hydrogen (secondary N) is 1. The lowest BCUT2D eigenvalue weighted by atomic mass is 10.4. The van der Waals surface area contributed by atoms with E-state index in [1.54, 1.807) is 11.3 Å². The molecular weight excluding hydrogens is 330 g/mol. The summed E-state index contributed by atoms with van der Waals surface area (Å²) in [6.07, 6.45) is 2.77. The van der Waals surface area contributed by atoms with Crippen molar-refractivity contribution in [2.75, 3.05) is 25.1 Å². The molecule has 0 fully saturated rings. The van der Waals surface area contributed by atoms with Crippen molar-refractivity contribution >= 4 is 43.7 Å². The molecule has 0 amide bonds. The van der Waals surface area contributed by atoms with Gasteiger partial charge in [0.15, 0.2) is 10.7 Å². The van der Waals surface area contributed by atoms with Crippen LogP contribution < -0.4 is 11.1 Å². The number of nitrogens with zero attached hydrogens (tertiary/aromatic N) is 3. The zero-order valence-electron chi connectivity index (χ0n) is 12.0. The monoisotopic (exact) mass is 347 g/mol. The molecule has 0 atom stereocenters. The highest BCUT2D eigenvalue weighted by molar-refractivity contribution is 7.89. The Hall–Kier alpha value is -1.23. The Labute approximate surface area is 132 Å². The van der Waals surface area contributed by atoms with Crippen LogP contribution in [0, 0.1) is 0 Å². The van der Waals surface area contributed by atoms with Gasteiger partial charge in [-0.15, -0.1) is 11.3 Å². The zero-order valence-corrected chi connectivity index (χ0v) is 14.4. The number of thiazole rings is 1. The molecule has 7 nitrogen and oxygen atoms in total. The predicted octanol–water partition coefficient (Wildman–Crippen LogP) is 1.61. The van der Waals surface area contributed by atoms with E-state index in [2.05, 4.69) is 21.6 Å². The minimum Gasteiger partial charge on any atom is -0.382 e. The Morgan fingerprint density at radius 1 is 1.43 bits per heavy atom. The molecule has 0 aliphatic heterocycles. The summed E-state index contributed by atoms with van der Waals surface area (Å²) >= 11 is 2.64. The van der Waals surface area contributed by atoms with Gasteiger partial charge in [-0.25, -0.2) is 17.7 Å². The van der Waals surface area contributed by atoms with Crippen molar-refractivity contribution in [3.8, 4) is 0 Å². The fourth-order valence-corrected chi connectivity index (χ4v) is 4.46. The summed E-state index contributed by atoms with van der Waals surface area (Å²) in [4.78, 5) is 5.51. The number of hydrogen-bond donors (Lipinski definition) is 2. The molecule has 0 radical (unpaired) electrons. The highest BCUT2D eigenvalue weighted by atomic mass is 32.2. The smallest absolute Gasteiger partial charge is 0.249 e. The van der Waals surface area contributed by atoms with Crippen molar-refractivity contribution in [3.05, 3.63) is 16.1 Å². The van der Waals surface area contributed by atoms with Crippen molar-refractivity contribution in [1.82, 2.24) is 13.7 Å². The first-order valence-corrected chi connectivity index (χ1v) is 9.24. The number of aryl methyl sites for hydroxylation is 1. The summed E-state index contributed by atoms with van der Waals surface area (Å²) in [5.74, 6) is 0.0181. The first-order valence-electron chi connectivity index (χ1n) is 6.21. The average Bonchev–Trinajstić information content (AvgIpc) is 3.02. The molecule has 21 heavy (non-hydrogen) atoms. The summed E-state index contributed by atoms with van der Waals surface area (Å²) < 4.78 is 29.6. The Morgan fingerprint density at radius 2 is 2.14 bits per heavy atom. The van der Waals surface area contributed by atoms with Gasteiger partial charge in [0, 0.05) is 25.2 Å². The van der Waals surface area contributed by atoms with Gasteiger partial charge in [0.05, 0.1) is 6.54 Å². The van der Waals surface area contributed by atoms with Gasteiger partial charge in [-0.1, -0.05) is 6.92 Å². The molecule has 2 aromatic rings. The highest BCUT2D eigenvalue weighted by Crippen LogP contribution is 2.33. The number of hydrogen-bond acceptors (Lipinski definition) is 8. The van der Waals surface area contributed by atoms with Crippen molar-refractivity contribution < 1.29 is 8.42 Å². The van der Waals surface area contributed by atoms with E-state index in [1.807, 2.05) is 6.20 Å². The second-order valence-electron chi connectivity index (χ2n) is 4.44. The van der Waals surface area contributed by atoms with Gasteiger partial charge in [0.1, 0.15) is 10.0 Å². The predicted molar refractivity (Wildman–Crippen MR) is 86.2 cm³/mol. The highest BCUT2D eigenvalue weighted by Gasteiger charge is 2.27. The average molecular weight is 347 g/mol. The molecular formula is C11H17N5O2S3. The van der Waals surface area contributed by atoms with Crippen LogP contribution in [0.1, 0.15) is 16.8 Å². The van der Waals surface area contributed by atoms with Crippen LogP contribution in [0.2, 0.25) is 0 Å². The zero-order chi connectivity index (χ0) is 15.6. The first-order chi connectivity index (χ1) is 9.86. The van der Waals surface area contributed by atoms with Gasteiger partial charge in [-0.2, -0.15) is 4.37 Å². The topological polar surface area (TPSA) is 101 Å². The largest absolute Gasteiger partial charge is 0.382 e. The van der Waals surface area contributed by atoms with Crippen molar-refractivity contribution in [3.63, 3.8) is 0 Å². The molecule has 2 rings (SSSR count). The summed E-state index contributed by atoms with van der Waals surface area (Å²) in [6, 6.07) is 0.